The average molecular weight is 236 g/mol. The zero-order chi connectivity index (χ0) is 12.7. The molecule has 0 aliphatic heterocycles. The number of benzene rings is 1. The summed E-state index contributed by atoms with van der Waals surface area (Å²) in [7, 11) is 0. The van der Waals surface area contributed by atoms with Gasteiger partial charge in [-0.1, -0.05) is 32.8 Å². The minimum absolute atomic E-state index is 0.136. The van der Waals surface area contributed by atoms with Gasteiger partial charge in [-0.2, -0.15) is 0 Å². The van der Waals surface area contributed by atoms with Crippen LogP contribution in [0.2, 0.25) is 0 Å². The Kier molecular flexibility index (Phi) is 5.46. The molecule has 94 valence electrons. The van der Waals surface area contributed by atoms with Gasteiger partial charge in [0.25, 0.3) is 5.69 Å². The Morgan fingerprint density at radius 2 is 2.12 bits per heavy atom. The van der Waals surface area contributed by atoms with Crippen molar-refractivity contribution >= 4 is 11.4 Å². The molecule has 0 amide bonds. The first-order valence-corrected chi connectivity index (χ1v) is 6.08. The first-order chi connectivity index (χ1) is 8.09. The van der Waals surface area contributed by atoms with Crippen molar-refractivity contribution in [3.8, 4) is 0 Å². The fourth-order valence-corrected chi connectivity index (χ4v) is 1.64. The highest BCUT2D eigenvalue weighted by molar-refractivity contribution is 5.50. The largest absolute Gasteiger partial charge is 0.385 e. The maximum absolute atomic E-state index is 10.6. The number of nitro groups is 1. The Hall–Kier alpha value is -1.58. The second kappa shape index (κ2) is 6.89. The van der Waals surface area contributed by atoms with Crippen LogP contribution in [0.1, 0.15) is 33.1 Å². The maximum atomic E-state index is 10.6. The van der Waals surface area contributed by atoms with Crippen LogP contribution < -0.4 is 5.32 Å². The summed E-state index contributed by atoms with van der Waals surface area (Å²) < 4.78 is 0. The molecule has 0 saturated carbocycles. The molecule has 0 aliphatic carbocycles. The van der Waals surface area contributed by atoms with E-state index in [2.05, 4.69) is 19.2 Å². The van der Waals surface area contributed by atoms with Crippen LogP contribution in [0.5, 0.6) is 0 Å². The molecule has 4 nitrogen and oxygen atoms in total. The highest BCUT2D eigenvalue weighted by Crippen LogP contribution is 2.17. The van der Waals surface area contributed by atoms with E-state index in [-0.39, 0.29) is 10.6 Å². The van der Waals surface area contributed by atoms with Crippen LogP contribution in [0.25, 0.3) is 0 Å². The van der Waals surface area contributed by atoms with E-state index in [0.29, 0.717) is 0 Å². The number of hydrogen-bond acceptors (Lipinski definition) is 3. The van der Waals surface area contributed by atoms with Gasteiger partial charge in [0.2, 0.25) is 0 Å². The molecule has 0 heterocycles. The van der Waals surface area contributed by atoms with Crippen molar-refractivity contribution in [2.45, 2.75) is 33.1 Å². The zero-order valence-electron chi connectivity index (χ0n) is 10.5. The summed E-state index contributed by atoms with van der Waals surface area (Å²) in [5.74, 6) is 0.743. The summed E-state index contributed by atoms with van der Waals surface area (Å²) in [5.41, 5.74) is 0.959. The summed E-state index contributed by atoms with van der Waals surface area (Å²) in [6.07, 6.45) is 3.52. The Balaban J connectivity index is 2.31. The van der Waals surface area contributed by atoms with Crippen molar-refractivity contribution in [1.82, 2.24) is 0 Å². The number of nitro benzene ring substituents is 1. The van der Waals surface area contributed by atoms with E-state index < -0.39 is 0 Å². The van der Waals surface area contributed by atoms with E-state index in [0.717, 1.165) is 24.6 Å². The Labute approximate surface area is 102 Å². The quantitative estimate of drug-likeness (QED) is 0.444. The Morgan fingerprint density at radius 3 is 2.76 bits per heavy atom. The summed E-state index contributed by atoms with van der Waals surface area (Å²) >= 11 is 0. The number of nitrogens with zero attached hydrogens (tertiary/aromatic N) is 1. The zero-order valence-corrected chi connectivity index (χ0v) is 10.5. The molecule has 1 rings (SSSR count). The normalized spacial score (nSPS) is 10.5. The number of anilines is 1. The van der Waals surface area contributed by atoms with Gasteiger partial charge in [-0.05, 0) is 18.4 Å². The minimum Gasteiger partial charge on any atom is -0.385 e. The van der Waals surface area contributed by atoms with Crippen LogP contribution in [0.4, 0.5) is 11.4 Å². The monoisotopic (exact) mass is 236 g/mol. The van der Waals surface area contributed by atoms with Gasteiger partial charge in [-0.3, -0.25) is 10.1 Å². The number of rotatable bonds is 7. The van der Waals surface area contributed by atoms with E-state index in [9.17, 15) is 10.1 Å². The minimum atomic E-state index is -0.371. The molecule has 1 aromatic carbocycles. The third kappa shape index (κ3) is 5.33. The van der Waals surface area contributed by atoms with Crippen molar-refractivity contribution in [3.63, 3.8) is 0 Å². The van der Waals surface area contributed by atoms with Gasteiger partial charge in [0, 0.05) is 24.4 Å². The van der Waals surface area contributed by atoms with Crippen molar-refractivity contribution in [3.05, 3.63) is 34.4 Å². The van der Waals surface area contributed by atoms with Crippen LogP contribution in [0, 0.1) is 16.0 Å². The third-order valence-corrected chi connectivity index (χ3v) is 2.59. The van der Waals surface area contributed by atoms with Crippen LogP contribution in [0.3, 0.4) is 0 Å². The van der Waals surface area contributed by atoms with Crippen molar-refractivity contribution in [2.24, 2.45) is 5.92 Å². The van der Waals surface area contributed by atoms with E-state index in [1.54, 1.807) is 12.1 Å². The average Bonchev–Trinajstić information content (AvgIpc) is 2.28. The van der Waals surface area contributed by atoms with E-state index in [4.69, 9.17) is 0 Å². The third-order valence-electron chi connectivity index (χ3n) is 2.59. The number of non-ortho nitro benzene ring substituents is 1. The van der Waals surface area contributed by atoms with Gasteiger partial charge in [-0.15, -0.1) is 0 Å². The van der Waals surface area contributed by atoms with Gasteiger partial charge >= 0.3 is 0 Å². The standard InChI is InChI=1S/C13H20N2O2/c1-11(2)6-3-4-9-14-12-7-5-8-13(10-12)15(16)17/h5,7-8,10-11,14H,3-4,6,9H2,1-2H3. The highest BCUT2D eigenvalue weighted by Gasteiger charge is 2.04. The van der Waals surface area contributed by atoms with Crippen LogP contribution >= 0.6 is 0 Å². The molecule has 0 fully saturated rings. The summed E-state index contributed by atoms with van der Waals surface area (Å²) in [6, 6.07) is 6.64. The lowest BCUT2D eigenvalue weighted by Gasteiger charge is -2.07. The first kappa shape index (κ1) is 13.5. The summed E-state index contributed by atoms with van der Waals surface area (Å²) in [5, 5.41) is 13.8. The molecule has 0 aliphatic rings. The smallest absolute Gasteiger partial charge is 0.271 e. The predicted octanol–water partition coefficient (Wildman–Crippen LogP) is 3.83. The molecule has 0 saturated heterocycles. The van der Waals surface area contributed by atoms with E-state index in [1.807, 2.05) is 6.07 Å². The number of unbranched alkanes of at least 4 members (excludes halogenated alkanes) is 1. The SMILES string of the molecule is CC(C)CCCCNc1cccc([N+](=O)[O-])c1. The number of nitrogens with one attached hydrogen (secondary N) is 1. The molecular formula is C13H20N2O2. The van der Waals surface area contributed by atoms with Gasteiger partial charge in [0.15, 0.2) is 0 Å². The van der Waals surface area contributed by atoms with Crippen LogP contribution in [-0.2, 0) is 0 Å². The van der Waals surface area contributed by atoms with Crippen molar-refractivity contribution in [1.29, 1.82) is 0 Å². The molecule has 0 radical (unpaired) electrons. The van der Waals surface area contributed by atoms with Gasteiger partial charge in [0.1, 0.15) is 0 Å². The Morgan fingerprint density at radius 1 is 1.35 bits per heavy atom. The van der Waals surface area contributed by atoms with E-state index >= 15 is 0 Å². The van der Waals surface area contributed by atoms with Crippen molar-refractivity contribution in [2.75, 3.05) is 11.9 Å². The van der Waals surface area contributed by atoms with Gasteiger partial charge in [0.05, 0.1) is 4.92 Å². The summed E-state index contributed by atoms with van der Waals surface area (Å²) in [6.45, 7) is 5.30. The molecular weight excluding hydrogens is 216 g/mol. The lowest BCUT2D eigenvalue weighted by molar-refractivity contribution is -0.384. The fraction of sp³-hybridized carbons (Fsp3) is 0.538. The van der Waals surface area contributed by atoms with Crippen LogP contribution in [0.15, 0.2) is 24.3 Å². The van der Waals surface area contributed by atoms with Gasteiger partial charge < -0.3 is 5.32 Å². The lowest BCUT2D eigenvalue weighted by Crippen LogP contribution is -2.02. The summed E-state index contributed by atoms with van der Waals surface area (Å²) in [4.78, 5) is 10.2. The first-order valence-electron chi connectivity index (χ1n) is 6.08. The maximum Gasteiger partial charge on any atom is 0.271 e. The molecule has 4 heteroatoms. The lowest BCUT2D eigenvalue weighted by atomic mass is 10.1. The predicted molar refractivity (Wildman–Crippen MR) is 70.3 cm³/mol. The molecule has 0 aromatic heterocycles. The Bertz CT molecular complexity index is 364. The van der Waals surface area contributed by atoms with E-state index in [1.165, 1.54) is 18.9 Å². The second-order valence-electron chi connectivity index (χ2n) is 4.62. The second-order valence-corrected chi connectivity index (χ2v) is 4.62. The molecule has 1 N–H and O–H groups in total. The molecule has 0 bridgehead atoms. The fourth-order valence-electron chi connectivity index (χ4n) is 1.64. The molecule has 0 spiro atoms. The van der Waals surface area contributed by atoms with Crippen molar-refractivity contribution < 1.29 is 4.92 Å². The molecule has 17 heavy (non-hydrogen) atoms. The number of hydrogen-bond donors (Lipinski definition) is 1. The molecule has 0 unspecified atom stereocenters. The molecule has 0 atom stereocenters. The highest BCUT2D eigenvalue weighted by atomic mass is 16.6. The van der Waals surface area contributed by atoms with Crippen LogP contribution in [-0.4, -0.2) is 11.5 Å². The topological polar surface area (TPSA) is 55.2 Å². The molecule has 1 aromatic rings. The van der Waals surface area contributed by atoms with Gasteiger partial charge in [-0.25, -0.2) is 0 Å².